The molecular formula is C23H23N3. The maximum Gasteiger partial charge on any atom is 0.192 e. The lowest BCUT2D eigenvalue weighted by atomic mass is 9.95. The molecule has 0 bridgehead atoms. The Morgan fingerprint density at radius 3 is 2.12 bits per heavy atom. The van der Waals surface area contributed by atoms with Crippen LogP contribution in [0.15, 0.2) is 89.9 Å². The van der Waals surface area contributed by atoms with E-state index in [2.05, 4.69) is 90.4 Å². The third-order valence-electron chi connectivity index (χ3n) is 4.88. The molecule has 26 heavy (non-hydrogen) atoms. The highest BCUT2D eigenvalue weighted by molar-refractivity contribution is 5.82. The predicted octanol–water partition coefficient (Wildman–Crippen LogP) is 4.53. The fraction of sp³-hybridized carbons (Fsp3) is 0.174. The molecule has 3 aromatic carbocycles. The molecule has 1 aliphatic rings. The summed E-state index contributed by atoms with van der Waals surface area (Å²) >= 11 is 0. The first-order valence-electron chi connectivity index (χ1n) is 9.04. The molecule has 0 aliphatic carbocycles. The lowest BCUT2D eigenvalue weighted by Gasteiger charge is -2.19. The van der Waals surface area contributed by atoms with Crippen LogP contribution in [0, 0.1) is 6.92 Å². The lowest BCUT2D eigenvalue weighted by Crippen LogP contribution is -2.35. The van der Waals surface area contributed by atoms with Crippen molar-refractivity contribution in [1.82, 2.24) is 10.6 Å². The Morgan fingerprint density at radius 2 is 1.42 bits per heavy atom. The van der Waals surface area contributed by atoms with Crippen LogP contribution in [0.5, 0.6) is 0 Å². The molecule has 2 unspecified atom stereocenters. The van der Waals surface area contributed by atoms with Crippen molar-refractivity contribution in [2.45, 2.75) is 25.6 Å². The summed E-state index contributed by atoms with van der Waals surface area (Å²) in [5.41, 5.74) is 5.05. The number of rotatable bonds is 4. The van der Waals surface area contributed by atoms with Gasteiger partial charge >= 0.3 is 0 Å². The van der Waals surface area contributed by atoms with Gasteiger partial charge in [-0.1, -0.05) is 84.9 Å². The molecule has 0 saturated carbocycles. The minimum Gasteiger partial charge on any atom is -0.352 e. The van der Waals surface area contributed by atoms with Crippen LogP contribution in [0.4, 0.5) is 0 Å². The fourth-order valence-electron chi connectivity index (χ4n) is 3.40. The van der Waals surface area contributed by atoms with Gasteiger partial charge in [-0.05, 0) is 29.2 Å². The maximum absolute atomic E-state index is 4.96. The average Bonchev–Trinajstić information content (AvgIpc) is 3.13. The zero-order valence-corrected chi connectivity index (χ0v) is 14.9. The molecule has 0 amide bonds. The largest absolute Gasteiger partial charge is 0.352 e. The zero-order valence-electron chi connectivity index (χ0n) is 14.9. The van der Waals surface area contributed by atoms with Crippen LogP contribution in [0.2, 0.25) is 0 Å². The van der Waals surface area contributed by atoms with E-state index in [1.807, 2.05) is 12.1 Å². The van der Waals surface area contributed by atoms with Crippen LogP contribution in [0.3, 0.4) is 0 Å². The van der Waals surface area contributed by atoms with Crippen molar-refractivity contribution in [3.63, 3.8) is 0 Å². The van der Waals surface area contributed by atoms with E-state index >= 15 is 0 Å². The number of guanidine groups is 1. The molecule has 0 aromatic heterocycles. The van der Waals surface area contributed by atoms with Crippen LogP contribution in [-0.4, -0.2) is 5.96 Å². The minimum absolute atomic E-state index is 0.0676. The molecule has 130 valence electrons. The summed E-state index contributed by atoms with van der Waals surface area (Å²) in [6, 6.07) is 29.7. The van der Waals surface area contributed by atoms with Crippen molar-refractivity contribution in [3.05, 3.63) is 107 Å². The summed E-state index contributed by atoms with van der Waals surface area (Å²) < 4.78 is 0. The molecule has 0 fully saturated rings. The molecule has 1 aliphatic heterocycles. The van der Waals surface area contributed by atoms with Crippen molar-refractivity contribution in [2.75, 3.05) is 0 Å². The first kappa shape index (κ1) is 16.4. The van der Waals surface area contributed by atoms with E-state index in [1.54, 1.807) is 0 Å². The number of hydrogen-bond donors (Lipinski definition) is 2. The van der Waals surface area contributed by atoms with Crippen molar-refractivity contribution in [1.29, 1.82) is 0 Å². The number of aliphatic imine (C=N–C) groups is 1. The lowest BCUT2D eigenvalue weighted by molar-refractivity contribution is 0.570. The van der Waals surface area contributed by atoms with Crippen molar-refractivity contribution < 1.29 is 0 Å². The Hall–Kier alpha value is -3.07. The standard InChI is InChI=1S/C23H23N3/c1-17-10-8-9-15-20(17)16-24-23-25-21(18-11-4-2-5-12-18)22(26-23)19-13-6-3-7-14-19/h2-15,21-22H,16H2,1H3,(H2,24,25,26). The van der Waals surface area contributed by atoms with Gasteiger partial charge in [0.25, 0.3) is 0 Å². The van der Waals surface area contributed by atoms with Crippen molar-refractivity contribution in [2.24, 2.45) is 4.99 Å². The monoisotopic (exact) mass is 341 g/mol. The Balaban J connectivity index is 1.57. The molecule has 2 N–H and O–H groups in total. The molecule has 0 spiro atoms. The van der Waals surface area contributed by atoms with Crippen LogP contribution >= 0.6 is 0 Å². The Bertz CT molecular complexity index is 888. The summed E-state index contributed by atoms with van der Waals surface area (Å²) in [7, 11) is 0. The van der Waals surface area contributed by atoms with Gasteiger partial charge in [0, 0.05) is 6.54 Å². The van der Waals surface area contributed by atoms with Crippen LogP contribution < -0.4 is 10.6 Å². The smallest absolute Gasteiger partial charge is 0.192 e. The molecule has 2 atom stereocenters. The van der Waals surface area contributed by atoms with Gasteiger partial charge in [-0.15, -0.1) is 0 Å². The van der Waals surface area contributed by atoms with Gasteiger partial charge in [0.2, 0.25) is 0 Å². The summed E-state index contributed by atoms with van der Waals surface area (Å²) in [5.74, 6) is 0.857. The van der Waals surface area contributed by atoms with Crippen LogP contribution in [0.1, 0.15) is 34.3 Å². The quantitative estimate of drug-likeness (QED) is 0.732. The summed E-state index contributed by atoms with van der Waals surface area (Å²) in [4.78, 5) is 4.96. The number of nitrogens with zero attached hydrogens (tertiary/aromatic N) is 1. The third-order valence-corrected chi connectivity index (χ3v) is 4.88. The Kier molecular flexibility index (Phi) is 4.69. The molecule has 3 heteroatoms. The highest BCUT2D eigenvalue weighted by Gasteiger charge is 2.31. The Morgan fingerprint density at radius 1 is 0.808 bits per heavy atom. The summed E-state index contributed by atoms with van der Waals surface area (Å²) in [6.45, 7) is 2.90. The van der Waals surface area contributed by atoms with Gasteiger partial charge in [0.1, 0.15) is 6.04 Å². The zero-order chi connectivity index (χ0) is 17.8. The first-order chi connectivity index (χ1) is 12.8. The highest BCUT2D eigenvalue weighted by Crippen LogP contribution is 2.35. The van der Waals surface area contributed by atoms with Gasteiger partial charge in [0.15, 0.2) is 5.96 Å². The van der Waals surface area contributed by atoms with Crippen LogP contribution in [0.25, 0.3) is 0 Å². The topological polar surface area (TPSA) is 36.4 Å². The predicted molar refractivity (Wildman–Crippen MR) is 107 cm³/mol. The van der Waals surface area contributed by atoms with E-state index in [1.165, 1.54) is 22.3 Å². The van der Waals surface area contributed by atoms with E-state index in [0.717, 1.165) is 12.5 Å². The second-order valence-corrected chi connectivity index (χ2v) is 6.65. The third kappa shape index (κ3) is 3.47. The Labute approximate surface area is 154 Å². The average molecular weight is 341 g/mol. The van der Waals surface area contributed by atoms with Gasteiger partial charge in [-0.25, -0.2) is 4.99 Å². The normalized spacial score (nSPS) is 18.9. The van der Waals surface area contributed by atoms with E-state index in [-0.39, 0.29) is 12.1 Å². The fourth-order valence-corrected chi connectivity index (χ4v) is 3.40. The number of aryl methyl sites for hydroxylation is 1. The van der Waals surface area contributed by atoms with E-state index in [4.69, 9.17) is 4.99 Å². The minimum atomic E-state index is 0.0676. The molecule has 3 aromatic rings. The summed E-state index contributed by atoms with van der Waals surface area (Å²) in [6.07, 6.45) is 0. The number of nitrogens with one attached hydrogen (secondary N) is 2. The summed E-state index contributed by atoms with van der Waals surface area (Å²) in [5, 5.41) is 7.06. The second-order valence-electron chi connectivity index (χ2n) is 6.65. The van der Waals surface area contributed by atoms with E-state index in [0.29, 0.717) is 0 Å². The second kappa shape index (κ2) is 7.44. The maximum atomic E-state index is 4.96. The van der Waals surface area contributed by atoms with Gasteiger partial charge in [-0.2, -0.15) is 0 Å². The van der Waals surface area contributed by atoms with Gasteiger partial charge in [0.05, 0.1) is 6.04 Å². The molecule has 4 rings (SSSR count). The molecule has 0 saturated heterocycles. The van der Waals surface area contributed by atoms with Gasteiger partial charge < -0.3 is 10.6 Å². The van der Waals surface area contributed by atoms with E-state index in [9.17, 15) is 0 Å². The van der Waals surface area contributed by atoms with Crippen molar-refractivity contribution in [3.8, 4) is 0 Å². The van der Waals surface area contributed by atoms with Gasteiger partial charge in [-0.3, -0.25) is 0 Å². The number of hydrogen-bond acceptors (Lipinski definition) is 3. The molecular weight excluding hydrogens is 318 g/mol. The van der Waals surface area contributed by atoms with Crippen LogP contribution in [-0.2, 0) is 6.54 Å². The number of benzene rings is 3. The highest BCUT2D eigenvalue weighted by atomic mass is 15.3. The molecule has 3 nitrogen and oxygen atoms in total. The first-order valence-corrected chi connectivity index (χ1v) is 9.04. The molecule has 1 heterocycles. The molecule has 0 radical (unpaired) electrons. The van der Waals surface area contributed by atoms with Crippen molar-refractivity contribution >= 4 is 5.96 Å². The SMILES string of the molecule is Cc1ccccc1CNC1=NC(c2ccccc2)C(c2ccccc2)N1. The van der Waals surface area contributed by atoms with E-state index < -0.39 is 0 Å².